The zero-order valence-electron chi connectivity index (χ0n) is 8.35. The quantitative estimate of drug-likeness (QED) is 0.612. The van der Waals surface area contributed by atoms with Crippen LogP contribution in [-0.2, 0) is 0 Å². The third kappa shape index (κ3) is 1.49. The first-order valence-electron chi connectivity index (χ1n) is 4.92. The second-order valence-electron chi connectivity index (χ2n) is 3.53. The molecule has 0 aliphatic carbocycles. The fourth-order valence-electron chi connectivity index (χ4n) is 1.75. The van der Waals surface area contributed by atoms with Gasteiger partial charge >= 0.3 is 0 Å². The molecular formula is C13H8FNS. The largest absolute Gasteiger partial charge is 0.263 e. The average Bonchev–Trinajstić information content (AvgIpc) is 2.78. The highest BCUT2D eigenvalue weighted by molar-refractivity contribution is 7.17. The molecule has 0 radical (unpaired) electrons. The van der Waals surface area contributed by atoms with Crippen LogP contribution in [0, 0.1) is 5.82 Å². The van der Waals surface area contributed by atoms with Crippen LogP contribution >= 0.6 is 11.3 Å². The number of halogens is 1. The van der Waals surface area contributed by atoms with Crippen molar-refractivity contribution < 1.29 is 4.39 Å². The summed E-state index contributed by atoms with van der Waals surface area (Å²) in [6.07, 6.45) is 3.68. The number of rotatable bonds is 1. The van der Waals surface area contributed by atoms with Crippen LogP contribution in [0.4, 0.5) is 4.39 Å². The molecule has 0 bridgehead atoms. The van der Waals surface area contributed by atoms with Crippen LogP contribution < -0.4 is 0 Å². The molecule has 2 heterocycles. The van der Waals surface area contributed by atoms with Crippen LogP contribution in [-0.4, -0.2) is 4.98 Å². The molecule has 0 saturated carbocycles. The van der Waals surface area contributed by atoms with Crippen molar-refractivity contribution in [3.05, 3.63) is 53.9 Å². The van der Waals surface area contributed by atoms with Gasteiger partial charge in [-0.25, -0.2) is 4.39 Å². The Morgan fingerprint density at radius 1 is 1.00 bits per heavy atom. The summed E-state index contributed by atoms with van der Waals surface area (Å²) in [5, 5.41) is 3.21. The summed E-state index contributed by atoms with van der Waals surface area (Å²) < 4.78 is 14.0. The molecule has 0 atom stereocenters. The highest BCUT2D eigenvalue weighted by Gasteiger charge is 2.04. The highest BCUT2D eigenvalue weighted by Crippen LogP contribution is 2.30. The Morgan fingerprint density at radius 3 is 2.62 bits per heavy atom. The molecule has 0 aliphatic rings. The van der Waals surface area contributed by atoms with Crippen LogP contribution in [0.5, 0.6) is 0 Å². The van der Waals surface area contributed by atoms with Gasteiger partial charge in [0.1, 0.15) is 5.82 Å². The van der Waals surface area contributed by atoms with Crippen LogP contribution in [0.25, 0.3) is 21.2 Å². The maximum Gasteiger partial charge on any atom is 0.123 e. The molecule has 78 valence electrons. The van der Waals surface area contributed by atoms with Gasteiger partial charge in [0.25, 0.3) is 0 Å². The summed E-state index contributed by atoms with van der Waals surface area (Å²) in [6.45, 7) is 0. The molecular weight excluding hydrogens is 221 g/mol. The molecule has 0 saturated heterocycles. The molecule has 3 rings (SSSR count). The van der Waals surface area contributed by atoms with E-state index in [1.54, 1.807) is 23.5 Å². The fraction of sp³-hybridized carbons (Fsp3) is 0. The Balaban J connectivity index is 2.25. The number of nitrogens with zero attached hydrogens (tertiary/aromatic N) is 1. The Hall–Kier alpha value is -1.74. The summed E-state index contributed by atoms with van der Waals surface area (Å²) in [5.41, 5.74) is 2.05. The second-order valence-corrected chi connectivity index (χ2v) is 4.47. The summed E-state index contributed by atoms with van der Waals surface area (Å²) in [5.74, 6) is -0.214. The van der Waals surface area contributed by atoms with Gasteiger partial charge < -0.3 is 0 Å². The zero-order chi connectivity index (χ0) is 11.0. The van der Waals surface area contributed by atoms with Crippen molar-refractivity contribution in [3.63, 3.8) is 0 Å². The molecule has 0 aliphatic heterocycles. The lowest BCUT2D eigenvalue weighted by Gasteiger charge is -2.02. The van der Waals surface area contributed by atoms with Crippen LogP contribution in [0.3, 0.4) is 0 Å². The van der Waals surface area contributed by atoms with E-state index in [-0.39, 0.29) is 5.82 Å². The van der Waals surface area contributed by atoms with E-state index in [0.717, 1.165) is 15.8 Å². The van der Waals surface area contributed by atoms with E-state index in [4.69, 9.17) is 0 Å². The first-order chi connectivity index (χ1) is 7.84. The van der Waals surface area contributed by atoms with Crippen molar-refractivity contribution in [2.45, 2.75) is 0 Å². The minimum Gasteiger partial charge on any atom is -0.263 e. The Bertz CT molecular complexity index is 628. The fourth-order valence-corrected chi connectivity index (χ4v) is 2.53. The maximum atomic E-state index is 12.8. The summed E-state index contributed by atoms with van der Waals surface area (Å²) >= 11 is 1.66. The van der Waals surface area contributed by atoms with Crippen LogP contribution in [0.1, 0.15) is 0 Å². The van der Waals surface area contributed by atoms with Crippen molar-refractivity contribution in [1.29, 1.82) is 0 Å². The van der Waals surface area contributed by atoms with Crippen molar-refractivity contribution in [3.8, 4) is 11.1 Å². The minimum atomic E-state index is -0.214. The molecule has 2 aromatic heterocycles. The average molecular weight is 229 g/mol. The number of fused-ring (bicyclic) bond motifs is 1. The van der Waals surface area contributed by atoms with Gasteiger partial charge in [0.15, 0.2) is 0 Å². The first kappa shape index (κ1) is 9.48. The third-order valence-corrected chi connectivity index (χ3v) is 3.39. The van der Waals surface area contributed by atoms with Gasteiger partial charge in [-0.05, 0) is 29.1 Å². The SMILES string of the molecule is Fc1ccc(-c2cncc3sccc23)cc1. The van der Waals surface area contributed by atoms with E-state index < -0.39 is 0 Å². The molecule has 16 heavy (non-hydrogen) atoms. The summed E-state index contributed by atoms with van der Waals surface area (Å²) in [6, 6.07) is 8.58. The van der Waals surface area contributed by atoms with Gasteiger partial charge in [0, 0.05) is 23.3 Å². The molecule has 1 nitrogen and oxygen atoms in total. The summed E-state index contributed by atoms with van der Waals surface area (Å²) in [7, 11) is 0. The number of hydrogen-bond acceptors (Lipinski definition) is 2. The second kappa shape index (κ2) is 3.68. The molecule has 0 amide bonds. The number of aromatic nitrogens is 1. The monoisotopic (exact) mass is 229 g/mol. The van der Waals surface area contributed by atoms with Crippen molar-refractivity contribution in [1.82, 2.24) is 4.98 Å². The van der Waals surface area contributed by atoms with E-state index in [9.17, 15) is 4.39 Å². The van der Waals surface area contributed by atoms with E-state index >= 15 is 0 Å². The molecule has 0 N–H and O–H groups in total. The normalized spacial score (nSPS) is 10.8. The van der Waals surface area contributed by atoms with Crippen molar-refractivity contribution in [2.24, 2.45) is 0 Å². The predicted molar refractivity (Wildman–Crippen MR) is 65.0 cm³/mol. The van der Waals surface area contributed by atoms with Gasteiger partial charge in [-0.3, -0.25) is 4.98 Å². The maximum absolute atomic E-state index is 12.8. The van der Waals surface area contributed by atoms with E-state index in [0.29, 0.717) is 0 Å². The molecule has 1 aromatic carbocycles. The van der Waals surface area contributed by atoms with Gasteiger partial charge in [-0.2, -0.15) is 0 Å². The lowest BCUT2D eigenvalue weighted by atomic mass is 10.0. The van der Waals surface area contributed by atoms with Crippen molar-refractivity contribution >= 4 is 21.4 Å². The number of pyridine rings is 1. The third-order valence-electron chi connectivity index (χ3n) is 2.54. The van der Waals surface area contributed by atoms with E-state index in [1.807, 2.05) is 17.8 Å². The summed E-state index contributed by atoms with van der Waals surface area (Å²) in [4.78, 5) is 4.20. The van der Waals surface area contributed by atoms with Crippen LogP contribution in [0.15, 0.2) is 48.1 Å². The molecule has 0 spiro atoms. The smallest absolute Gasteiger partial charge is 0.123 e. The Morgan fingerprint density at radius 2 is 1.81 bits per heavy atom. The number of benzene rings is 1. The molecule has 0 fully saturated rings. The highest BCUT2D eigenvalue weighted by atomic mass is 32.1. The Kier molecular flexibility index (Phi) is 2.18. The lowest BCUT2D eigenvalue weighted by Crippen LogP contribution is -1.81. The number of hydrogen-bond donors (Lipinski definition) is 0. The van der Waals surface area contributed by atoms with E-state index in [1.165, 1.54) is 17.5 Å². The van der Waals surface area contributed by atoms with Gasteiger partial charge in [-0.15, -0.1) is 11.3 Å². The van der Waals surface area contributed by atoms with E-state index in [2.05, 4.69) is 11.1 Å². The Labute approximate surface area is 96.2 Å². The molecule has 0 unspecified atom stereocenters. The van der Waals surface area contributed by atoms with Gasteiger partial charge in [0.05, 0.1) is 4.70 Å². The molecule has 3 heteroatoms. The lowest BCUT2D eigenvalue weighted by molar-refractivity contribution is 0.628. The minimum absolute atomic E-state index is 0.214. The number of thiophene rings is 1. The first-order valence-corrected chi connectivity index (χ1v) is 5.80. The standard InChI is InChI=1S/C13H8FNS/c14-10-3-1-9(2-4-10)12-7-15-8-13-11(12)5-6-16-13/h1-8H. The topological polar surface area (TPSA) is 12.9 Å². The predicted octanol–water partition coefficient (Wildman–Crippen LogP) is 4.10. The van der Waals surface area contributed by atoms with Crippen LogP contribution in [0.2, 0.25) is 0 Å². The zero-order valence-corrected chi connectivity index (χ0v) is 9.17. The van der Waals surface area contributed by atoms with Crippen molar-refractivity contribution in [2.75, 3.05) is 0 Å². The molecule has 3 aromatic rings. The van der Waals surface area contributed by atoms with Gasteiger partial charge in [0.2, 0.25) is 0 Å². The van der Waals surface area contributed by atoms with Gasteiger partial charge in [-0.1, -0.05) is 12.1 Å².